The van der Waals surface area contributed by atoms with E-state index in [1.807, 2.05) is 48.0 Å². The zero-order valence-corrected chi connectivity index (χ0v) is 17.3. The van der Waals surface area contributed by atoms with Gasteiger partial charge in [0.15, 0.2) is 5.82 Å². The minimum absolute atomic E-state index is 0.00165. The molecule has 0 saturated heterocycles. The molecule has 30 heavy (non-hydrogen) atoms. The van der Waals surface area contributed by atoms with E-state index < -0.39 is 0 Å². The van der Waals surface area contributed by atoms with E-state index in [4.69, 9.17) is 16.6 Å². The molecule has 7 nitrogen and oxygen atoms in total. The number of nitrogens with zero attached hydrogens (tertiary/aromatic N) is 5. The van der Waals surface area contributed by atoms with Crippen LogP contribution in [0.4, 0.5) is 11.8 Å². The van der Waals surface area contributed by atoms with Crippen LogP contribution in [0, 0.1) is 6.92 Å². The first kappa shape index (κ1) is 18.8. The molecule has 0 atom stereocenters. The summed E-state index contributed by atoms with van der Waals surface area (Å²) in [7, 11) is 0. The van der Waals surface area contributed by atoms with Crippen LogP contribution in [0.5, 0.6) is 0 Å². The molecule has 1 N–H and O–H groups in total. The fourth-order valence-electron chi connectivity index (χ4n) is 4.11. The van der Waals surface area contributed by atoms with Crippen molar-refractivity contribution in [3.8, 4) is 5.69 Å². The van der Waals surface area contributed by atoms with Crippen molar-refractivity contribution in [1.29, 1.82) is 0 Å². The molecule has 152 valence electrons. The third-order valence-electron chi connectivity index (χ3n) is 5.59. The predicted molar refractivity (Wildman–Crippen MR) is 118 cm³/mol. The first-order chi connectivity index (χ1) is 14.6. The zero-order valence-electron chi connectivity index (χ0n) is 16.5. The van der Waals surface area contributed by atoms with Gasteiger partial charge in [-0.2, -0.15) is 10.1 Å². The van der Waals surface area contributed by atoms with E-state index in [0.717, 1.165) is 42.3 Å². The van der Waals surface area contributed by atoms with Crippen LogP contribution in [0.2, 0.25) is 5.02 Å². The first-order valence-electron chi connectivity index (χ1n) is 10.1. The maximum Gasteiger partial charge on any atom is 0.252 e. The minimum atomic E-state index is 0.00165. The molecule has 1 fully saturated rings. The Morgan fingerprint density at radius 3 is 2.80 bits per heavy atom. The highest BCUT2D eigenvalue weighted by Crippen LogP contribution is 2.31. The van der Waals surface area contributed by atoms with Gasteiger partial charge in [0, 0.05) is 41.0 Å². The molecule has 1 aliphatic carbocycles. The van der Waals surface area contributed by atoms with Crippen molar-refractivity contribution < 1.29 is 0 Å². The Labute approximate surface area is 178 Å². The lowest BCUT2D eigenvalue weighted by Gasteiger charge is -2.17. The van der Waals surface area contributed by atoms with E-state index in [2.05, 4.69) is 15.4 Å². The van der Waals surface area contributed by atoms with Gasteiger partial charge in [-0.05, 0) is 43.5 Å². The standard InChI is InChI=1S/C22H21ClN6O/c1-14-11-20(30)29(16-6-2-3-7-16)21-18(14)13-24-22(26-21)25-19-9-10-28(27-19)17-8-4-5-15(23)12-17/h4-5,8-13,16H,2-3,6-7H2,1H3,(H,24,25,26,27). The normalized spacial score (nSPS) is 14.5. The van der Waals surface area contributed by atoms with Gasteiger partial charge in [-0.25, -0.2) is 9.67 Å². The smallest absolute Gasteiger partial charge is 0.252 e. The van der Waals surface area contributed by atoms with E-state index in [0.29, 0.717) is 22.4 Å². The van der Waals surface area contributed by atoms with Crippen LogP contribution in [-0.2, 0) is 0 Å². The summed E-state index contributed by atoms with van der Waals surface area (Å²) in [5.74, 6) is 1.02. The van der Waals surface area contributed by atoms with Gasteiger partial charge in [0.25, 0.3) is 5.56 Å². The largest absolute Gasteiger partial charge is 0.307 e. The second kappa shape index (κ2) is 7.57. The van der Waals surface area contributed by atoms with Crippen molar-refractivity contribution in [3.63, 3.8) is 0 Å². The van der Waals surface area contributed by atoms with Crippen LogP contribution >= 0.6 is 11.6 Å². The third kappa shape index (κ3) is 3.45. The van der Waals surface area contributed by atoms with Gasteiger partial charge in [0.05, 0.1) is 5.69 Å². The Bertz CT molecular complexity index is 1290. The van der Waals surface area contributed by atoms with Crippen molar-refractivity contribution >= 4 is 34.4 Å². The van der Waals surface area contributed by atoms with Gasteiger partial charge < -0.3 is 5.32 Å². The fourth-order valence-corrected chi connectivity index (χ4v) is 4.30. The summed E-state index contributed by atoms with van der Waals surface area (Å²) in [6.07, 6.45) is 7.92. The summed E-state index contributed by atoms with van der Waals surface area (Å²) in [6.45, 7) is 1.92. The molecule has 0 aliphatic heterocycles. The number of fused-ring (bicyclic) bond motifs is 1. The molecule has 0 bridgehead atoms. The third-order valence-corrected chi connectivity index (χ3v) is 5.83. The SMILES string of the molecule is Cc1cc(=O)n(C2CCCC2)c2nc(Nc3ccn(-c4cccc(Cl)c4)n3)ncc12. The summed E-state index contributed by atoms with van der Waals surface area (Å²) >= 11 is 6.08. The van der Waals surface area contributed by atoms with E-state index >= 15 is 0 Å². The van der Waals surface area contributed by atoms with Gasteiger partial charge in [0.2, 0.25) is 5.95 Å². The molecule has 0 radical (unpaired) electrons. The molecule has 0 amide bonds. The van der Waals surface area contributed by atoms with Crippen molar-refractivity contribution in [1.82, 2.24) is 24.3 Å². The number of halogens is 1. The number of pyridine rings is 1. The van der Waals surface area contributed by atoms with Crippen molar-refractivity contribution in [3.05, 3.63) is 69.7 Å². The number of nitrogens with one attached hydrogen (secondary N) is 1. The van der Waals surface area contributed by atoms with Gasteiger partial charge in [0.1, 0.15) is 5.65 Å². The Kier molecular flexibility index (Phi) is 4.75. The maximum absolute atomic E-state index is 12.8. The lowest BCUT2D eigenvalue weighted by atomic mass is 10.1. The number of aromatic nitrogens is 5. The highest BCUT2D eigenvalue weighted by Gasteiger charge is 2.21. The van der Waals surface area contributed by atoms with Gasteiger partial charge in [-0.1, -0.05) is 30.5 Å². The lowest BCUT2D eigenvalue weighted by Crippen LogP contribution is -2.24. The van der Waals surface area contributed by atoms with Crippen LogP contribution < -0.4 is 10.9 Å². The predicted octanol–water partition coefficient (Wildman–Crippen LogP) is 4.80. The number of hydrogen-bond donors (Lipinski definition) is 1. The Balaban J connectivity index is 1.51. The van der Waals surface area contributed by atoms with E-state index in [9.17, 15) is 4.79 Å². The molecule has 0 unspecified atom stereocenters. The van der Waals surface area contributed by atoms with Crippen molar-refractivity contribution in [2.75, 3.05) is 5.32 Å². The molecule has 8 heteroatoms. The lowest BCUT2D eigenvalue weighted by molar-refractivity contribution is 0.515. The molecule has 0 spiro atoms. The molecular formula is C22H21ClN6O. The van der Waals surface area contributed by atoms with Gasteiger partial charge in [-0.3, -0.25) is 9.36 Å². The monoisotopic (exact) mass is 420 g/mol. The summed E-state index contributed by atoms with van der Waals surface area (Å²) in [4.78, 5) is 21.9. The van der Waals surface area contributed by atoms with Crippen molar-refractivity contribution in [2.45, 2.75) is 38.6 Å². The summed E-state index contributed by atoms with van der Waals surface area (Å²) in [5.41, 5.74) is 2.43. The number of aryl methyl sites for hydroxylation is 1. The molecular weight excluding hydrogens is 400 g/mol. The molecule has 5 rings (SSSR count). The first-order valence-corrected chi connectivity index (χ1v) is 10.4. The van der Waals surface area contributed by atoms with Crippen LogP contribution in [0.25, 0.3) is 16.7 Å². The van der Waals surface area contributed by atoms with Crippen LogP contribution in [0.15, 0.2) is 53.6 Å². The number of rotatable bonds is 4. The molecule has 1 aliphatic rings. The van der Waals surface area contributed by atoms with Gasteiger partial charge in [-0.15, -0.1) is 0 Å². The Morgan fingerprint density at radius 1 is 1.17 bits per heavy atom. The molecule has 1 aromatic carbocycles. The molecule has 1 saturated carbocycles. The van der Waals surface area contributed by atoms with Crippen LogP contribution in [-0.4, -0.2) is 24.3 Å². The van der Waals surface area contributed by atoms with Crippen LogP contribution in [0.3, 0.4) is 0 Å². The van der Waals surface area contributed by atoms with Gasteiger partial charge >= 0.3 is 0 Å². The summed E-state index contributed by atoms with van der Waals surface area (Å²) in [5, 5.41) is 9.23. The molecule has 4 aromatic rings. The molecule has 3 heterocycles. The average Bonchev–Trinajstić information content (AvgIpc) is 3.40. The van der Waals surface area contributed by atoms with E-state index in [1.54, 1.807) is 16.9 Å². The van der Waals surface area contributed by atoms with E-state index in [1.165, 1.54) is 0 Å². The Hall–Kier alpha value is -3.19. The second-order valence-corrected chi connectivity index (χ2v) is 8.09. The summed E-state index contributed by atoms with van der Waals surface area (Å²) < 4.78 is 3.57. The topological polar surface area (TPSA) is 77.6 Å². The van der Waals surface area contributed by atoms with Crippen molar-refractivity contribution in [2.24, 2.45) is 0 Å². The quantitative estimate of drug-likeness (QED) is 0.513. The second-order valence-electron chi connectivity index (χ2n) is 7.66. The molecule has 3 aromatic heterocycles. The highest BCUT2D eigenvalue weighted by atomic mass is 35.5. The number of anilines is 2. The fraction of sp³-hybridized carbons (Fsp3) is 0.273. The minimum Gasteiger partial charge on any atom is -0.307 e. The van der Waals surface area contributed by atoms with Crippen LogP contribution in [0.1, 0.15) is 37.3 Å². The summed E-state index contributed by atoms with van der Waals surface area (Å²) in [6, 6.07) is 11.2. The highest BCUT2D eigenvalue weighted by molar-refractivity contribution is 6.30. The Morgan fingerprint density at radius 2 is 2.00 bits per heavy atom. The zero-order chi connectivity index (χ0) is 20.7. The van der Waals surface area contributed by atoms with E-state index in [-0.39, 0.29) is 11.6 Å². The average molecular weight is 421 g/mol. The number of hydrogen-bond acceptors (Lipinski definition) is 5. The number of benzene rings is 1. The maximum atomic E-state index is 12.8.